The second-order valence-corrected chi connectivity index (χ2v) is 12.9. The molecule has 3 rings (SSSR count). The Hall–Kier alpha value is -3.24. The summed E-state index contributed by atoms with van der Waals surface area (Å²) in [5, 5.41) is 18.7. The number of imidazole rings is 1. The molecular formula is C36H58N6O4. The number of rotatable bonds is 21. The first kappa shape index (κ1) is 37.2. The number of hydrogen-bond donors (Lipinski definition) is 5. The van der Waals surface area contributed by atoms with Crippen LogP contribution >= 0.6 is 0 Å². The molecule has 1 heterocycles. The number of aryl methyl sites for hydroxylation is 3. The first-order valence-electron chi connectivity index (χ1n) is 17.6. The van der Waals surface area contributed by atoms with Crippen molar-refractivity contribution in [2.75, 3.05) is 19.7 Å². The van der Waals surface area contributed by atoms with E-state index < -0.39 is 30.5 Å². The van der Waals surface area contributed by atoms with E-state index in [0.717, 1.165) is 56.5 Å². The number of carbonyl (C=O) groups excluding carboxylic acids is 3. The second-order valence-electron chi connectivity index (χ2n) is 12.9. The SMILES string of the molecule is CCC[C@@H](C(=O)N[C@@H](CO)C(=O)N[C@@H](CCCCN)C(=O)NCCC1CCCCC1)c1ccc(CCCCn2ccnc2C)cc1. The highest BCUT2D eigenvalue weighted by molar-refractivity contribution is 5.93. The molecule has 3 atom stereocenters. The lowest BCUT2D eigenvalue weighted by Gasteiger charge is -2.25. The molecule has 0 radical (unpaired) electrons. The molecule has 1 aromatic heterocycles. The first-order valence-corrected chi connectivity index (χ1v) is 17.6. The molecule has 0 saturated heterocycles. The maximum absolute atomic E-state index is 13.5. The number of amides is 3. The molecule has 256 valence electrons. The van der Waals surface area contributed by atoms with Crippen LogP contribution in [0.1, 0.15) is 113 Å². The fraction of sp³-hybridized carbons (Fsp3) is 0.667. The summed E-state index contributed by atoms with van der Waals surface area (Å²) in [6, 6.07) is 6.23. The van der Waals surface area contributed by atoms with E-state index in [1.54, 1.807) is 0 Å². The van der Waals surface area contributed by atoms with Crippen LogP contribution in [0, 0.1) is 12.8 Å². The van der Waals surface area contributed by atoms with Crippen molar-refractivity contribution in [3.63, 3.8) is 0 Å². The molecule has 1 aliphatic carbocycles. The number of carbonyl (C=O) groups is 3. The van der Waals surface area contributed by atoms with Gasteiger partial charge in [0, 0.05) is 25.5 Å². The number of aliphatic hydroxyl groups is 1. The molecule has 1 aromatic carbocycles. The molecule has 3 amide bonds. The topological polar surface area (TPSA) is 151 Å². The van der Waals surface area contributed by atoms with Gasteiger partial charge >= 0.3 is 0 Å². The van der Waals surface area contributed by atoms with Crippen LogP contribution in [-0.2, 0) is 27.3 Å². The smallest absolute Gasteiger partial charge is 0.245 e. The number of nitrogens with two attached hydrogens (primary N) is 1. The van der Waals surface area contributed by atoms with Crippen molar-refractivity contribution in [1.82, 2.24) is 25.5 Å². The van der Waals surface area contributed by atoms with E-state index in [0.29, 0.717) is 38.3 Å². The van der Waals surface area contributed by atoms with Gasteiger partial charge in [-0.15, -0.1) is 0 Å². The third kappa shape index (κ3) is 12.5. The zero-order valence-corrected chi connectivity index (χ0v) is 28.1. The Balaban J connectivity index is 1.53. The predicted octanol–water partition coefficient (Wildman–Crippen LogP) is 4.28. The highest BCUT2D eigenvalue weighted by atomic mass is 16.3. The van der Waals surface area contributed by atoms with Crippen LogP contribution in [0.15, 0.2) is 36.7 Å². The average Bonchev–Trinajstić information content (AvgIpc) is 3.48. The zero-order valence-electron chi connectivity index (χ0n) is 28.1. The second kappa shape index (κ2) is 20.8. The fourth-order valence-electron chi connectivity index (χ4n) is 6.40. The zero-order chi connectivity index (χ0) is 33.1. The van der Waals surface area contributed by atoms with Crippen molar-refractivity contribution in [3.05, 3.63) is 53.6 Å². The third-order valence-corrected chi connectivity index (χ3v) is 9.29. The van der Waals surface area contributed by atoms with E-state index in [-0.39, 0.29) is 11.8 Å². The number of nitrogens with one attached hydrogen (secondary N) is 3. The lowest BCUT2D eigenvalue weighted by molar-refractivity contribution is -0.133. The van der Waals surface area contributed by atoms with Crippen molar-refractivity contribution >= 4 is 17.7 Å². The molecule has 6 N–H and O–H groups in total. The predicted molar refractivity (Wildman–Crippen MR) is 182 cm³/mol. The number of benzene rings is 1. The minimum Gasteiger partial charge on any atom is -0.394 e. The molecule has 0 bridgehead atoms. The van der Waals surface area contributed by atoms with Gasteiger partial charge in [-0.1, -0.05) is 69.7 Å². The minimum absolute atomic E-state index is 0.231. The molecule has 0 spiro atoms. The van der Waals surface area contributed by atoms with Crippen LogP contribution in [0.2, 0.25) is 0 Å². The molecule has 46 heavy (non-hydrogen) atoms. The van der Waals surface area contributed by atoms with E-state index in [9.17, 15) is 19.5 Å². The summed E-state index contributed by atoms with van der Waals surface area (Å²) in [7, 11) is 0. The Morgan fingerprint density at radius 1 is 0.957 bits per heavy atom. The number of hydrogen-bond acceptors (Lipinski definition) is 6. The first-order chi connectivity index (χ1) is 22.4. The molecule has 0 unspecified atom stereocenters. The largest absolute Gasteiger partial charge is 0.394 e. The summed E-state index contributed by atoms with van der Waals surface area (Å²) in [6.07, 6.45) is 17.3. The Morgan fingerprint density at radius 3 is 2.35 bits per heavy atom. The molecule has 1 aliphatic rings. The van der Waals surface area contributed by atoms with Gasteiger partial charge in [-0.2, -0.15) is 0 Å². The van der Waals surface area contributed by atoms with Crippen molar-refractivity contribution in [2.24, 2.45) is 11.7 Å². The van der Waals surface area contributed by atoms with Crippen molar-refractivity contribution in [3.8, 4) is 0 Å². The normalized spacial score (nSPS) is 15.6. The van der Waals surface area contributed by atoms with Gasteiger partial charge in [0.25, 0.3) is 0 Å². The Kier molecular flexibility index (Phi) is 16.8. The maximum Gasteiger partial charge on any atom is 0.245 e. The van der Waals surface area contributed by atoms with Crippen LogP contribution in [0.3, 0.4) is 0 Å². The van der Waals surface area contributed by atoms with E-state index in [1.807, 2.05) is 38.4 Å². The van der Waals surface area contributed by atoms with Crippen LogP contribution in [0.25, 0.3) is 0 Å². The maximum atomic E-state index is 13.5. The quantitative estimate of drug-likeness (QED) is 0.129. The molecule has 1 fully saturated rings. The Bertz CT molecular complexity index is 1180. The van der Waals surface area contributed by atoms with E-state index in [2.05, 4.69) is 37.6 Å². The molecule has 0 aliphatic heterocycles. The summed E-state index contributed by atoms with van der Waals surface area (Å²) < 4.78 is 2.16. The molecule has 2 aromatic rings. The average molecular weight is 639 g/mol. The monoisotopic (exact) mass is 638 g/mol. The van der Waals surface area contributed by atoms with Gasteiger partial charge in [-0.25, -0.2) is 4.98 Å². The lowest BCUT2D eigenvalue weighted by Crippen LogP contribution is -2.55. The highest BCUT2D eigenvalue weighted by Crippen LogP contribution is 2.26. The molecule has 10 heteroatoms. The fourth-order valence-corrected chi connectivity index (χ4v) is 6.40. The third-order valence-electron chi connectivity index (χ3n) is 9.29. The molecule has 10 nitrogen and oxygen atoms in total. The number of aromatic nitrogens is 2. The molecule has 1 saturated carbocycles. The number of aliphatic hydroxyl groups excluding tert-OH is 1. The van der Waals surface area contributed by atoms with Crippen LogP contribution in [-0.4, -0.2) is 64.2 Å². The summed E-state index contributed by atoms with van der Waals surface area (Å²) in [6.45, 7) is 5.50. The van der Waals surface area contributed by atoms with Gasteiger partial charge in [0.15, 0.2) is 0 Å². The molecular weight excluding hydrogens is 580 g/mol. The summed E-state index contributed by atoms with van der Waals surface area (Å²) in [5.74, 6) is 0.115. The van der Waals surface area contributed by atoms with Crippen molar-refractivity contribution in [2.45, 2.75) is 128 Å². The Labute approximate surface area is 275 Å². The Morgan fingerprint density at radius 2 is 1.70 bits per heavy atom. The van der Waals surface area contributed by atoms with E-state index in [1.165, 1.54) is 37.7 Å². The van der Waals surface area contributed by atoms with Gasteiger partial charge < -0.3 is 31.4 Å². The van der Waals surface area contributed by atoms with Gasteiger partial charge in [-0.3, -0.25) is 14.4 Å². The summed E-state index contributed by atoms with van der Waals surface area (Å²) in [5.41, 5.74) is 7.76. The number of nitrogens with zero attached hydrogens (tertiary/aromatic N) is 2. The van der Waals surface area contributed by atoms with Crippen LogP contribution in [0.5, 0.6) is 0 Å². The van der Waals surface area contributed by atoms with Gasteiger partial charge in [-0.05, 0) is 81.9 Å². The van der Waals surface area contributed by atoms with Crippen molar-refractivity contribution in [1.29, 1.82) is 0 Å². The van der Waals surface area contributed by atoms with Gasteiger partial charge in [0.05, 0.1) is 12.5 Å². The summed E-state index contributed by atoms with van der Waals surface area (Å²) >= 11 is 0. The number of unbranched alkanes of at least 4 members (excludes halogenated alkanes) is 2. The van der Waals surface area contributed by atoms with Gasteiger partial charge in [0.1, 0.15) is 17.9 Å². The summed E-state index contributed by atoms with van der Waals surface area (Å²) in [4.78, 5) is 44.1. The lowest BCUT2D eigenvalue weighted by atomic mass is 9.87. The van der Waals surface area contributed by atoms with E-state index >= 15 is 0 Å². The standard InChI is InChI=1S/C36H58N6O4/c1-3-11-31(30-18-16-29(17-19-30)14-8-10-24-42-25-23-38-27(42)2)34(44)41-33(26-43)36(46)40-32(15-7-9-21-37)35(45)39-22-20-28-12-5-4-6-13-28/h16-19,23,25,28,31-33,43H,3-15,20-22,24,26,37H2,1-2H3,(H,39,45)(H,40,46)(H,41,44)/t31-,32+,33+/m1/s1. The van der Waals surface area contributed by atoms with Crippen LogP contribution < -0.4 is 21.7 Å². The van der Waals surface area contributed by atoms with Crippen molar-refractivity contribution < 1.29 is 19.5 Å². The highest BCUT2D eigenvalue weighted by Gasteiger charge is 2.29. The van der Waals surface area contributed by atoms with Crippen LogP contribution in [0.4, 0.5) is 0 Å². The van der Waals surface area contributed by atoms with E-state index in [4.69, 9.17) is 5.73 Å². The minimum atomic E-state index is -1.16. The van der Waals surface area contributed by atoms with Gasteiger partial charge in [0.2, 0.25) is 17.7 Å².